The van der Waals surface area contributed by atoms with E-state index in [1.807, 2.05) is 0 Å². The van der Waals surface area contributed by atoms with Crippen molar-refractivity contribution in [3.05, 3.63) is 29.8 Å². The van der Waals surface area contributed by atoms with Crippen molar-refractivity contribution in [2.75, 3.05) is 32.7 Å². The van der Waals surface area contributed by atoms with E-state index in [1.165, 1.54) is 6.42 Å². The Morgan fingerprint density at radius 3 is 2.22 bits per heavy atom. The Labute approximate surface area is 161 Å². The molecule has 1 amide bonds. The third kappa shape index (κ3) is 4.68. The van der Waals surface area contributed by atoms with Gasteiger partial charge in [0.1, 0.15) is 11.3 Å². The van der Waals surface area contributed by atoms with Crippen molar-refractivity contribution in [2.24, 2.45) is 5.73 Å². The number of phenols is 1. The zero-order valence-corrected chi connectivity index (χ0v) is 16.0. The van der Waals surface area contributed by atoms with E-state index in [9.17, 15) is 14.7 Å². The number of Topliss-reactive ketones (excluding diaryl/α,β-unsaturated/α-hetero) is 1. The first-order valence-electron chi connectivity index (χ1n) is 10.1. The van der Waals surface area contributed by atoms with E-state index in [1.54, 1.807) is 24.3 Å². The molecule has 0 aliphatic carbocycles. The Bertz CT molecular complexity index is 645. The van der Waals surface area contributed by atoms with Crippen LogP contribution in [0.5, 0.6) is 5.75 Å². The van der Waals surface area contributed by atoms with Gasteiger partial charge in [-0.15, -0.1) is 0 Å². The number of ketones is 1. The molecule has 0 aromatic heterocycles. The molecule has 0 unspecified atom stereocenters. The van der Waals surface area contributed by atoms with Gasteiger partial charge in [0.2, 0.25) is 5.91 Å². The Kier molecular flexibility index (Phi) is 6.50. The van der Waals surface area contributed by atoms with Crippen LogP contribution in [0.25, 0.3) is 0 Å². The van der Waals surface area contributed by atoms with Crippen LogP contribution < -0.4 is 5.73 Å². The fraction of sp³-hybridized carbons (Fsp3) is 0.619. The summed E-state index contributed by atoms with van der Waals surface area (Å²) in [5, 5.41) is 9.31. The molecule has 148 valence electrons. The zero-order valence-electron chi connectivity index (χ0n) is 16.0. The van der Waals surface area contributed by atoms with Gasteiger partial charge < -0.3 is 15.7 Å². The summed E-state index contributed by atoms with van der Waals surface area (Å²) in [5.74, 6) is 0.102. The molecule has 2 aliphatic heterocycles. The van der Waals surface area contributed by atoms with Crippen molar-refractivity contribution < 1.29 is 14.7 Å². The molecule has 3 N–H and O–H groups in total. The normalized spacial score (nSPS) is 21.0. The van der Waals surface area contributed by atoms with Crippen molar-refractivity contribution >= 4 is 11.7 Å². The lowest BCUT2D eigenvalue weighted by Crippen LogP contribution is -2.63. The van der Waals surface area contributed by atoms with Crippen LogP contribution in [0, 0.1) is 0 Å². The molecule has 6 nitrogen and oxygen atoms in total. The van der Waals surface area contributed by atoms with Gasteiger partial charge >= 0.3 is 0 Å². The van der Waals surface area contributed by atoms with Crippen molar-refractivity contribution in [1.29, 1.82) is 0 Å². The number of nitrogens with zero attached hydrogens (tertiary/aromatic N) is 2. The summed E-state index contributed by atoms with van der Waals surface area (Å²) in [6.45, 7) is 4.52. The lowest BCUT2D eigenvalue weighted by Gasteiger charge is -2.48. The third-order valence-electron chi connectivity index (χ3n) is 6.17. The lowest BCUT2D eigenvalue weighted by atomic mass is 9.83. The predicted molar refractivity (Wildman–Crippen MR) is 105 cm³/mol. The van der Waals surface area contributed by atoms with Gasteiger partial charge in [0.25, 0.3) is 0 Å². The van der Waals surface area contributed by atoms with Crippen LogP contribution in [0.3, 0.4) is 0 Å². The average molecular weight is 373 g/mol. The first-order valence-corrected chi connectivity index (χ1v) is 10.1. The molecule has 2 saturated heterocycles. The molecule has 1 aromatic carbocycles. The number of hydrogen-bond donors (Lipinski definition) is 2. The van der Waals surface area contributed by atoms with Gasteiger partial charge in [-0.3, -0.25) is 14.5 Å². The number of carbonyl (C=O) groups is 2. The highest BCUT2D eigenvalue weighted by Gasteiger charge is 2.44. The van der Waals surface area contributed by atoms with E-state index in [0.29, 0.717) is 12.0 Å². The summed E-state index contributed by atoms with van der Waals surface area (Å²) in [6.07, 6.45) is 6.41. The number of carbonyl (C=O) groups excluding carboxylic acids is 2. The van der Waals surface area contributed by atoms with Crippen molar-refractivity contribution in [2.45, 2.75) is 50.5 Å². The molecule has 0 atom stereocenters. The standard InChI is InChI=1S/C21H31N3O3/c22-20(27)21(24-13-2-1-3-14-24)10-15-23(16-11-21)12-4-5-19(26)17-6-8-18(25)9-7-17/h6-9,25H,1-5,10-16H2,(H2,22,27). The summed E-state index contributed by atoms with van der Waals surface area (Å²) in [7, 11) is 0. The Hall–Kier alpha value is -1.92. The monoisotopic (exact) mass is 373 g/mol. The third-order valence-corrected chi connectivity index (χ3v) is 6.17. The van der Waals surface area contributed by atoms with Crippen LogP contribution in [-0.4, -0.2) is 64.9 Å². The first-order chi connectivity index (χ1) is 13.0. The molecule has 1 aromatic rings. The van der Waals surface area contributed by atoms with Gasteiger partial charge in [-0.1, -0.05) is 6.42 Å². The Morgan fingerprint density at radius 1 is 1.00 bits per heavy atom. The fourth-order valence-electron chi connectivity index (χ4n) is 4.44. The van der Waals surface area contributed by atoms with Gasteiger partial charge in [-0.25, -0.2) is 0 Å². The van der Waals surface area contributed by atoms with E-state index >= 15 is 0 Å². The molecule has 2 aliphatic rings. The largest absolute Gasteiger partial charge is 0.508 e. The summed E-state index contributed by atoms with van der Waals surface area (Å²) >= 11 is 0. The molecule has 0 bridgehead atoms. The second-order valence-electron chi connectivity index (χ2n) is 7.86. The number of rotatable bonds is 7. The van der Waals surface area contributed by atoms with Gasteiger partial charge in [-0.05, 0) is 76.0 Å². The first kappa shape index (κ1) is 19.8. The molecule has 27 heavy (non-hydrogen) atoms. The van der Waals surface area contributed by atoms with Gasteiger partial charge in [0, 0.05) is 25.1 Å². The topological polar surface area (TPSA) is 86.9 Å². The van der Waals surface area contributed by atoms with E-state index < -0.39 is 5.54 Å². The number of nitrogens with two attached hydrogens (primary N) is 1. The average Bonchev–Trinajstić information content (AvgIpc) is 2.69. The summed E-state index contributed by atoms with van der Waals surface area (Å²) in [5.41, 5.74) is 6.00. The number of likely N-dealkylation sites (tertiary alicyclic amines) is 2. The van der Waals surface area contributed by atoms with Crippen molar-refractivity contribution in [3.63, 3.8) is 0 Å². The molecular weight excluding hydrogens is 342 g/mol. The summed E-state index contributed by atoms with van der Waals surface area (Å²) in [6, 6.07) is 6.42. The van der Waals surface area contributed by atoms with Crippen LogP contribution in [0.2, 0.25) is 0 Å². The highest BCUT2D eigenvalue weighted by Crippen LogP contribution is 2.31. The Morgan fingerprint density at radius 2 is 1.63 bits per heavy atom. The predicted octanol–water partition coefficient (Wildman–Crippen LogP) is 2.16. The highest BCUT2D eigenvalue weighted by atomic mass is 16.3. The molecule has 2 heterocycles. The van der Waals surface area contributed by atoms with Crippen molar-refractivity contribution in [1.82, 2.24) is 9.80 Å². The molecular formula is C21H31N3O3. The van der Waals surface area contributed by atoms with Crippen LogP contribution >= 0.6 is 0 Å². The van der Waals surface area contributed by atoms with Gasteiger partial charge in [-0.2, -0.15) is 0 Å². The maximum atomic E-state index is 12.3. The Balaban J connectivity index is 1.46. The van der Waals surface area contributed by atoms with E-state index in [0.717, 1.165) is 64.8 Å². The van der Waals surface area contributed by atoms with Crippen LogP contribution in [0.1, 0.15) is 55.3 Å². The minimum Gasteiger partial charge on any atom is -0.508 e. The fourth-order valence-corrected chi connectivity index (χ4v) is 4.44. The number of amides is 1. The maximum Gasteiger partial charge on any atom is 0.238 e. The molecule has 3 rings (SSSR count). The highest BCUT2D eigenvalue weighted by molar-refractivity contribution is 5.96. The number of phenolic OH excluding ortho intramolecular Hbond substituents is 1. The van der Waals surface area contributed by atoms with Gasteiger partial charge in [0.15, 0.2) is 5.78 Å². The van der Waals surface area contributed by atoms with E-state index in [-0.39, 0.29) is 17.4 Å². The van der Waals surface area contributed by atoms with Crippen LogP contribution in [-0.2, 0) is 4.79 Å². The smallest absolute Gasteiger partial charge is 0.238 e. The number of aromatic hydroxyl groups is 1. The molecule has 2 fully saturated rings. The van der Waals surface area contributed by atoms with Gasteiger partial charge in [0.05, 0.1) is 0 Å². The minimum atomic E-state index is -0.473. The zero-order chi connectivity index (χ0) is 19.3. The summed E-state index contributed by atoms with van der Waals surface area (Å²) in [4.78, 5) is 29.2. The second-order valence-corrected chi connectivity index (χ2v) is 7.86. The molecule has 0 saturated carbocycles. The minimum absolute atomic E-state index is 0.104. The maximum absolute atomic E-state index is 12.3. The molecule has 6 heteroatoms. The number of piperidine rings is 2. The summed E-state index contributed by atoms with van der Waals surface area (Å²) < 4.78 is 0. The number of hydrogen-bond acceptors (Lipinski definition) is 5. The molecule has 0 spiro atoms. The van der Waals surface area contributed by atoms with Crippen LogP contribution in [0.15, 0.2) is 24.3 Å². The quantitative estimate of drug-likeness (QED) is 0.715. The number of primary amides is 1. The molecule has 0 radical (unpaired) electrons. The van der Waals surface area contributed by atoms with Crippen LogP contribution in [0.4, 0.5) is 0 Å². The second kappa shape index (κ2) is 8.85. The van der Waals surface area contributed by atoms with Crippen molar-refractivity contribution in [3.8, 4) is 5.75 Å². The van der Waals surface area contributed by atoms with E-state index in [4.69, 9.17) is 5.73 Å². The van der Waals surface area contributed by atoms with E-state index in [2.05, 4.69) is 9.80 Å². The SMILES string of the molecule is NC(=O)C1(N2CCCCC2)CCN(CCCC(=O)c2ccc(O)cc2)CC1. The number of benzene rings is 1. The lowest BCUT2D eigenvalue weighted by molar-refractivity contribution is -0.134.